The lowest BCUT2D eigenvalue weighted by Crippen LogP contribution is -2.25. The highest BCUT2D eigenvalue weighted by Crippen LogP contribution is 2.29. The molecule has 0 spiro atoms. The number of benzene rings is 1. The maximum absolute atomic E-state index is 11.8. The van der Waals surface area contributed by atoms with Gasteiger partial charge in [-0.3, -0.25) is 0 Å². The van der Waals surface area contributed by atoms with Crippen LogP contribution >= 0.6 is 0 Å². The molecule has 0 aromatic heterocycles. The van der Waals surface area contributed by atoms with E-state index < -0.39 is 9.84 Å². The summed E-state index contributed by atoms with van der Waals surface area (Å²) in [5, 5.41) is 3.18. The predicted octanol–water partition coefficient (Wildman–Crippen LogP) is 1.14. The number of hydrogen-bond donors (Lipinski definition) is 1. The largest absolute Gasteiger partial charge is 0.370 e. The van der Waals surface area contributed by atoms with Gasteiger partial charge in [0.05, 0.1) is 10.6 Å². The van der Waals surface area contributed by atoms with Crippen molar-refractivity contribution in [3.63, 3.8) is 0 Å². The number of sulfone groups is 1. The van der Waals surface area contributed by atoms with Gasteiger partial charge in [-0.2, -0.15) is 0 Å². The normalized spacial score (nSPS) is 20.3. The predicted molar refractivity (Wildman–Crippen MR) is 73.8 cm³/mol. The summed E-state index contributed by atoms with van der Waals surface area (Å²) >= 11 is 0. The Hall–Kier alpha value is -1.07. The van der Waals surface area contributed by atoms with Crippen LogP contribution in [0.3, 0.4) is 0 Å². The fourth-order valence-electron chi connectivity index (χ4n) is 2.54. The van der Waals surface area contributed by atoms with Gasteiger partial charge in [0, 0.05) is 19.3 Å². The highest BCUT2D eigenvalue weighted by Gasteiger charge is 2.25. The Morgan fingerprint density at radius 3 is 2.78 bits per heavy atom. The number of anilines is 1. The Kier molecular flexibility index (Phi) is 3.92. The molecular weight excluding hydrogens is 248 g/mol. The topological polar surface area (TPSA) is 49.4 Å². The van der Waals surface area contributed by atoms with Crippen molar-refractivity contribution in [1.82, 2.24) is 5.32 Å². The Labute approximate surface area is 109 Å². The minimum absolute atomic E-state index is 0.440. The SMILES string of the molecule is CNCC1CCN(c2ccccc2S(C)(=O)=O)C1. The second kappa shape index (κ2) is 5.28. The third kappa shape index (κ3) is 2.84. The molecule has 4 nitrogen and oxygen atoms in total. The van der Waals surface area contributed by atoms with E-state index in [1.165, 1.54) is 6.26 Å². The first-order chi connectivity index (χ1) is 8.52. The monoisotopic (exact) mass is 268 g/mol. The number of nitrogens with zero attached hydrogens (tertiary/aromatic N) is 1. The molecule has 1 aliphatic rings. The number of para-hydroxylation sites is 1. The number of nitrogens with one attached hydrogen (secondary N) is 1. The average molecular weight is 268 g/mol. The van der Waals surface area contributed by atoms with Gasteiger partial charge < -0.3 is 10.2 Å². The molecule has 0 radical (unpaired) electrons. The number of rotatable bonds is 4. The molecule has 1 aliphatic heterocycles. The average Bonchev–Trinajstić information content (AvgIpc) is 2.77. The highest BCUT2D eigenvalue weighted by molar-refractivity contribution is 7.90. The highest BCUT2D eigenvalue weighted by atomic mass is 32.2. The van der Waals surface area contributed by atoms with Crippen molar-refractivity contribution in [2.45, 2.75) is 11.3 Å². The molecule has 0 bridgehead atoms. The fraction of sp³-hybridized carbons (Fsp3) is 0.538. The van der Waals surface area contributed by atoms with E-state index in [4.69, 9.17) is 0 Å². The van der Waals surface area contributed by atoms with Crippen LogP contribution < -0.4 is 10.2 Å². The summed E-state index contributed by atoms with van der Waals surface area (Å²) in [6.07, 6.45) is 2.38. The molecule has 2 rings (SSSR count). The van der Waals surface area contributed by atoms with Gasteiger partial charge in [0.1, 0.15) is 0 Å². The summed E-state index contributed by atoms with van der Waals surface area (Å²) < 4.78 is 23.6. The van der Waals surface area contributed by atoms with Gasteiger partial charge in [-0.05, 0) is 38.1 Å². The van der Waals surface area contributed by atoms with Gasteiger partial charge in [-0.1, -0.05) is 12.1 Å². The van der Waals surface area contributed by atoms with Crippen LogP contribution in [0.1, 0.15) is 6.42 Å². The molecule has 1 saturated heterocycles. The van der Waals surface area contributed by atoms with Crippen molar-refractivity contribution in [1.29, 1.82) is 0 Å². The Morgan fingerprint density at radius 2 is 2.11 bits per heavy atom. The van der Waals surface area contributed by atoms with Crippen LogP contribution in [0.4, 0.5) is 5.69 Å². The zero-order valence-electron chi connectivity index (χ0n) is 10.9. The van der Waals surface area contributed by atoms with Crippen molar-refractivity contribution in [2.75, 3.05) is 37.8 Å². The molecule has 1 unspecified atom stereocenters. The number of hydrogen-bond acceptors (Lipinski definition) is 4. The summed E-state index contributed by atoms with van der Waals surface area (Å²) in [6, 6.07) is 7.27. The first kappa shape index (κ1) is 13.4. The zero-order valence-corrected chi connectivity index (χ0v) is 11.7. The third-order valence-electron chi connectivity index (χ3n) is 3.38. The molecule has 1 N–H and O–H groups in total. The van der Waals surface area contributed by atoms with E-state index in [1.54, 1.807) is 12.1 Å². The summed E-state index contributed by atoms with van der Waals surface area (Å²) in [5.74, 6) is 0.600. The summed E-state index contributed by atoms with van der Waals surface area (Å²) in [7, 11) is -1.21. The van der Waals surface area contributed by atoms with Gasteiger partial charge in [0.25, 0.3) is 0 Å². The molecule has 1 aromatic carbocycles. The second-order valence-corrected chi connectivity index (χ2v) is 6.88. The minimum Gasteiger partial charge on any atom is -0.370 e. The molecule has 1 atom stereocenters. The zero-order chi connectivity index (χ0) is 13.2. The summed E-state index contributed by atoms with van der Waals surface area (Å²) in [5.41, 5.74) is 0.846. The maximum atomic E-state index is 11.8. The van der Waals surface area contributed by atoms with Crippen LogP contribution in [0.5, 0.6) is 0 Å². The second-order valence-electron chi connectivity index (χ2n) is 4.90. The van der Waals surface area contributed by atoms with Gasteiger partial charge in [0.2, 0.25) is 0 Å². The molecule has 0 amide bonds. The maximum Gasteiger partial charge on any atom is 0.177 e. The fourth-order valence-corrected chi connectivity index (χ4v) is 3.44. The lowest BCUT2D eigenvalue weighted by molar-refractivity contribution is 0.549. The molecule has 18 heavy (non-hydrogen) atoms. The molecule has 1 aromatic rings. The molecule has 5 heteroatoms. The van der Waals surface area contributed by atoms with E-state index in [9.17, 15) is 8.42 Å². The van der Waals surface area contributed by atoms with Crippen LogP contribution in [0.2, 0.25) is 0 Å². The van der Waals surface area contributed by atoms with Crippen molar-refractivity contribution in [3.8, 4) is 0 Å². The van der Waals surface area contributed by atoms with E-state index in [-0.39, 0.29) is 0 Å². The summed E-state index contributed by atoms with van der Waals surface area (Å²) in [6.45, 7) is 2.84. The minimum atomic E-state index is -3.16. The van der Waals surface area contributed by atoms with E-state index in [2.05, 4.69) is 10.2 Å². The van der Waals surface area contributed by atoms with Crippen LogP contribution in [0.25, 0.3) is 0 Å². The van der Waals surface area contributed by atoms with Crippen LogP contribution in [0, 0.1) is 5.92 Å². The molecule has 0 aliphatic carbocycles. The first-order valence-electron chi connectivity index (χ1n) is 6.21. The van der Waals surface area contributed by atoms with Crippen molar-refractivity contribution >= 4 is 15.5 Å². The Balaban J connectivity index is 2.25. The van der Waals surface area contributed by atoms with Crippen molar-refractivity contribution < 1.29 is 8.42 Å². The van der Waals surface area contributed by atoms with Gasteiger partial charge >= 0.3 is 0 Å². The van der Waals surface area contributed by atoms with Crippen molar-refractivity contribution in [3.05, 3.63) is 24.3 Å². The van der Waals surface area contributed by atoms with E-state index in [1.807, 2.05) is 19.2 Å². The van der Waals surface area contributed by atoms with Crippen LogP contribution in [-0.4, -0.2) is 41.4 Å². The van der Waals surface area contributed by atoms with Gasteiger partial charge in [-0.25, -0.2) is 8.42 Å². The van der Waals surface area contributed by atoms with Crippen LogP contribution in [-0.2, 0) is 9.84 Å². The molecule has 100 valence electrons. The molecular formula is C13H20N2O2S. The smallest absolute Gasteiger partial charge is 0.177 e. The standard InChI is InChI=1S/C13H20N2O2S/c1-14-9-11-7-8-15(10-11)12-5-3-4-6-13(12)18(2,16)17/h3-6,11,14H,7-10H2,1-2H3. The van der Waals surface area contributed by atoms with Gasteiger partial charge in [-0.15, -0.1) is 0 Å². The van der Waals surface area contributed by atoms with Crippen LogP contribution in [0.15, 0.2) is 29.2 Å². The van der Waals surface area contributed by atoms with E-state index in [0.29, 0.717) is 10.8 Å². The molecule has 0 saturated carbocycles. The third-order valence-corrected chi connectivity index (χ3v) is 4.53. The lowest BCUT2D eigenvalue weighted by atomic mass is 10.1. The summed E-state index contributed by atoms with van der Waals surface area (Å²) in [4.78, 5) is 2.62. The van der Waals surface area contributed by atoms with Crippen molar-refractivity contribution in [2.24, 2.45) is 5.92 Å². The van der Waals surface area contributed by atoms with E-state index >= 15 is 0 Å². The first-order valence-corrected chi connectivity index (χ1v) is 8.10. The molecule has 1 heterocycles. The van der Waals surface area contributed by atoms with Gasteiger partial charge in [0.15, 0.2) is 9.84 Å². The Bertz CT molecular complexity index is 513. The van der Waals surface area contributed by atoms with E-state index in [0.717, 1.165) is 31.7 Å². The molecule has 1 fully saturated rings. The lowest BCUT2D eigenvalue weighted by Gasteiger charge is -2.21. The quantitative estimate of drug-likeness (QED) is 0.889. The Morgan fingerprint density at radius 1 is 1.39 bits per heavy atom.